The Hall–Kier alpha value is -4.36. The van der Waals surface area contributed by atoms with Crippen LogP contribution in [-0.2, 0) is 16.1 Å². The molecule has 44 heavy (non-hydrogen) atoms. The molecule has 0 bridgehead atoms. The Labute approximate surface area is 259 Å². The van der Waals surface area contributed by atoms with Crippen LogP contribution in [0.1, 0.15) is 50.7 Å². The second-order valence-electron chi connectivity index (χ2n) is 12.6. The number of nitrogens with zero attached hydrogens (tertiary/aromatic N) is 5. The summed E-state index contributed by atoms with van der Waals surface area (Å²) in [5.41, 5.74) is 3.48. The van der Waals surface area contributed by atoms with Crippen molar-refractivity contribution in [3.8, 4) is 22.9 Å². The predicted molar refractivity (Wildman–Crippen MR) is 168 cm³/mol. The standard InChI is InChI=1S/C34H41N7O3/c1-34(2,33(43)39-14-11-36-12-15-39)44-31-17-25(19-35)16-30(18-31)40-13-3-4-27(23-40)32(42)41(29-9-10-29)22-24-5-7-26(8-6-24)28-20-37-38-21-28/h5-8,16-18,20-21,27,29,36H,3-4,9-15,22-23H2,1-2H3,(H,37,38)/t27-/m0/s1. The summed E-state index contributed by atoms with van der Waals surface area (Å²) in [6.07, 6.45) is 7.49. The van der Waals surface area contributed by atoms with Crippen molar-refractivity contribution in [1.82, 2.24) is 25.3 Å². The maximum Gasteiger partial charge on any atom is 0.266 e. The van der Waals surface area contributed by atoms with Crippen molar-refractivity contribution in [2.75, 3.05) is 44.2 Å². The van der Waals surface area contributed by atoms with E-state index in [-0.39, 0.29) is 17.7 Å². The van der Waals surface area contributed by atoms with Gasteiger partial charge in [-0.05, 0) is 62.8 Å². The number of hydrogen-bond acceptors (Lipinski definition) is 7. The van der Waals surface area contributed by atoms with Crippen LogP contribution in [0.25, 0.3) is 11.1 Å². The molecule has 3 aliphatic rings. The van der Waals surface area contributed by atoms with Gasteiger partial charge in [-0.1, -0.05) is 24.3 Å². The third-order valence-corrected chi connectivity index (χ3v) is 8.86. The van der Waals surface area contributed by atoms with Gasteiger partial charge in [0.15, 0.2) is 5.60 Å². The highest BCUT2D eigenvalue weighted by molar-refractivity contribution is 5.85. The topological polar surface area (TPSA) is 118 Å². The molecule has 2 saturated heterocycles. The molecule has 3 heterocycles. The number of piperidine rings is 1. The molecule has 1 atom stereocenters. The Bertz CT molecular complexity index is 1500. The fourth-order valence-corrected chi connectivity index (χ4v) is 6.31. The van der Waals surface area contributed by atoms with Gasteiger partial charge >= 0.3 is 0 Å². The molecule has 2 amide bonds. The van der Waals surface area contributed by atoms with E-state index in [0.717, 1.165) is 67.7 Å². The van der Waals surface area contributed by atoms with Crippen molar-refractivity contribution < 1.29 is 14.3 Å². The minimum atomic E-state index is -1.08. The van der Waals surface area contributed by atoms with E-state index in [1.807, 2.05) is 23.2 Å². The van der Waals surface area contributed by atoms with Crippen LogP contribution in [0.5, 0.6) is 5.75 Å². The lowest BCUT2D eigenvalue weighted by Crippen LogP contribution is -2.54. The van der Waals surface area contributed by atoms with Gasteiger partial charge in [-0.3, -0.25) is 14.7 Å². The third-order valence-electron chi connectivity index (χ3n) is 8.86. The van der Waals surface area contributed by atoms with E-state index in [9.17, 15) is 14.9 Å². The predicted octanol–water partition coefficient (Wildman–Crippen LogP) is 3.95. The molecule has 1 saturated carbocycles. The first-order chi connectivity index (χ1) is 21.3. The van der Waals surface area contributed by atoms with E-state index in [2.05, 4.69) is 55.6 Å². The fraction of sp³-hybridized carbons (Fsp3) is 0.471. The van der Waals surface area contributed by atoms with E-state index in [1.165, 1.54) is 0 Å². The molecule has 0 radical (unpaired) electrons. The normalized spacial score (nSPS) is 18.9. The maximum absolute atomic E-state index is 14.0. The number of rotatable bonds is 9. The van der Waals surface area contributed by atoms with Crippen molar-refractivity contribution in [2.24, 2.45) is 5.92 Å². The van der Waals surface area contributed by atoms with E-state index < -0.39 is 5.60 Å². The van der Waals surface area contributed by atoms with Gasteiger partial charge < -0.3 is 24.8 Å². The molecule has 3 aromatic rings. The minimum Gasteiger partial charge on any atom is -0.478 e. The number of ether oxygens (including phenoxy) is 1. The number of anilines is 1. The number of amides is 2. The Balaban J connectivity index is 1.15. The van der Waals surface area contributed by atoms with Crippen molar-refractivity contribution in [1.29, 1.82) is 5.26 Å². The first-order valence-electron chi connectivity index (χ1n) is 15.7. The van der Waals surface area contributed by atoms with Gasteiger partial charge in [-0.2, -0.15) is 10.4 Å². The second kappa shape index (κ2) is 12.7. The second-order valence-corrected chi connectivity index (χ2v) is 12.6. The number of carbonyl (C=O) groups excluding carboxylic acids is 2. The molecule has 2 N–H and O–H groups in total. The van der Waals surface area contributed by atoms with Crippen molar-refractivity contribution in [2.45, 2.75) is 57.7 Å². The van der Waals surface area contributed by atoms with Gasteiger partial charge in [0.1, 0.15) is 5.75 Å². The summed E-state index contributed by atoms with van der Waals surface area (Å²) >= 11 is 0. The number of aromatic nitrogens is 2. The fourth-order valence-electron chi connectivity index (χ4n) is 6.31. The van der Waals surface area contributed by atoms with Gasteiger partial charge in [0.25, 0.3) is 5.91 Å². The molecule has 6 rings (SSSR count). The molecular weight excluding hydrogens is 554 g/mol. The van der Waals surface area contributed by atoms with Gasteiger partial charge in [0, 0.05) is 75.4 Å². The number of benzene rings is 2. The van der Waals surface area contributed by atoms with Crippen LogP contribution >= 0.6 is 0 Å². The Kier molecular flexibility index (Phi) is 8.58. The average Bonchev–Trinajstić information content (AvgIpc) is 3.75. The summed E-state index contributed by atoms with van der Waals surface area (Å²) in [5.74, 6) is 0.490. The van der Waals surface area contributed by atoms with E-state index in [4.69, 9.17) is 4.74 Å². The van der Waals surface area contributed by atoms with Crippen molar-refractivity contribution in [3.63, 3.8) is 0 Å². The molecular formula is C34H41N7O3. The SMILES string of the molecule is CC(C)(Oc1cc(C#N)cc(N2CCC[C@H](C(=O)N(Cc3ccc(-c4cn[nH]c4)cc3)C3CC3)C2)c1)C(=O)N1CCNCC1. The van der Waals surface area contributed by atoms with Gasteiger partial charge in [-0.15, -0.1) is 0 Å². The monoisotopic (exact) mass is 595 g/mol. The number of hydrogen-bond donors (Lipinski definition) is 2. The van der Waals surface area contributed by atoms with Gasteiger partial charge in [-0.25, -0.2) is 0 Å². The summed E-state index contributed by atoms with van der Waals surface area (Å²) in [4.78, 5) is 33.3. The maximum atomic E-state index is 14.0. The van der Waals surface area contributed by atoms with E-state index in [0.29, 0.717) is 43.5 Å². The zero-order chi connectivity index (χ0) is 30.7. The van der Waals surface area contributed by atoms with Crippen molar-refractivity contribution >= 4 is 17.5 Å². The number of H-pyrrole nitrogens is 1. The lowest BCUT2D eigenvalue weighted by atomic mass is 9.95. The summed E-state index contributed by atoms with van der Waals surface area (Å²) < 4.78 is 6.27. The quantitative estimate of drug-likeness (QED) is 0.385. The van der Waals surface area contributed by atoms with E-state index in [1.54, 1.807) is 26.1 Å². The summed E-state index contributed by atoms with van der Waals surface area (Å²) in [7, 11) is 0. The van der Waals surface area contributed by atoms with Crippen LogP contribution in [0, 0.1) is 17.2 Å². The smallest absolute Gasteiger partial charge is 0.266 e. The number of nitrogens with one attached hydrogen (secondary N) is 2. The van der Waals surface area contributed by atoms with E-state index >= 15 is 0 Å². The molecule has 230 valence electrons. The highest BCUT2D eigenvalue weighted by Gasteiger charge is 2.38. The van der Waals surface area contributed by atoms with Crippen LogP contribution in [0.4, 0.5) is 5.69 Å². The zero-order valence-corrected chi connectivity index (χ0v) is 25.6. The molecule has 1 aromatic heterocycles. The Morgan fingerprint density at radius 1 is 1.07 bits per heavy atom. The molecule has 10 heteroatoms. The zero-order valence-electron chi connectivity index (χ0n) is 25.6. The van der Waals surface area contributed by atoms with Crippen molar-refractivity contribution in [3.05, 3.63) is 66.0 Å². The highest BCUT2D eigenvalue weighted by Crippen LogP contribution is 2.34. The van der Waals surface area contributed by atoms with Crippen LogP contribution < -0.4 is 15.0 Å². The first-order valence-corrected chi connectivity index (χ1v) is 15.7. The molecule has 2 aromatic carbocycles. The molecule has 3 fully saturated rings. The molecule has 2 aliphatic heterocycles. The molecule has 0 spiro atoms. The lowest BCUT2D eigenvalue weighted by molar-refractivity contribution is -0.146. The average molecular weight is 596 g/mol. The number of aromatic amines is 1. The number of carbonyl (C=O) groups is 2. The highest BCUT2D eigenvalue weighted by atomic mass is 16.5. The van der Waals surface area contributed by atoms with Crippen LogP contribution in [-0.4, -0.2) is 82.7 Å². The van der Waals surface area contributed by atoms with Crippen LogP contribution in [0.2, 0.25) is 0 Å². The molecule has 10 nitrogen and oxygen atoms in total. The lowest BCUT2D eigenvalue weighted by Gasteiger charge is -2.37. The Morgan fingerprint density at radius 2 is 1.84 bits per heavy atom. The first kappa shape index (κ1) is 29.7. The third kappa shape index (κ3) is 6.73. The summed E-state index contributed by atoms with van der Waals surface area (Å²) in [6, 6.07) is 16.4. The number of nitriles is 1. The number of piperazine rings is 1. The molecule has 1 aliphatic carbocycles. The Morgan fingerprint density at radius 3 is 2.52 bits per heavy atom. The summed E-state index contributed by atoms with van der Waals surface area (Å²) in [5, 5.41) is 20.0. The van der Waals surface area contributed by atoms with Crippen LogP contribution in [0.15, 0.2) is 54.9 Å². The van der Waals surface area contributed by atoms with Gasteiger partial charge in [0.05, 0.1) is 23.7 Å². The minimum absolute atomic E-state index is 0.0668. The largest absolute Gasteiger partial charge is 0.478 e. The van der Waals surface area contributed by atoms with Gasteiger partial charge in [0.2, 0.25) is 5.91 Å². The molecule has 0 unspecified atom stereocenters. The van der Waals surface area contributed by atoms with Crippen LogP contribution in [0.3, 0.4) is 0 Å². The summed E-state index contributed by atoms with van der Waals surface area (Å²) in [6.45, 7) is 8.36.